The van der Waals surface area contributed by atoms with Gasteiger partial charge in [-0.05, 0) is 69.0 Å². The van der Waals surface area contributed by atoms with E-state index >= 15 is 0 Å². The Balaban J connectivity index is 1.52. The third kappa shape index (κ3) is 6.71. The van der Waals surface area contributed by atoms with Crippen LogP contribution in [-0.2, 0) is 28.9 Å². The summed E-state index contributed by atoms with van der Waals surface area (Å²) in [5.41, 5.74) is 0.956. The number of nitrogens with zero attached hydrogens (tertiary/aromatic N) is 2. The molecule has 8 nitrogen and oxygen atoms in total. The van der Waals surface area contributed by atoms with Crippen LogP contribution in [0.15, 0.2) is 57.7 Å². The van der Waals surface area contributed by atoms with Gasteiger partial charge < -0.3 is 18.6 Å². The van der Waals surface area contributed by atoms with Crippen molar-refractivity contribution in [2.24, 2.45) is 0 Å². The van der Waals surface area contributed by atoms with Crippen molar-refractivity contribution in [2.75, 3.05) is 13.7 Å². The predicted octanol–water partition coefficient (Wildman–Crippen LogP) is 3.79. The van der Waals surface area contributed by atoms with Crippen molar-refractivity contribution in [1.29, 1.82) is 0 Å². The molecule has 0 atom stereocenters. The third-order valence-corrected chi connectivity index (χ3v) is 5.03. The first-order chi connectivity index (χ1) is 15.8. The standard InChI is InChI=1S/C25H30N2O6/c1-5-31-23(28)25(2,3)33-20-14-12-18(13-15-20)8-7-11-22-26-27(24(29)32-22)17-19-9-6-10-21(16-19)30-4/h6,9-10,12-16H,5,7-8,11,17H2,1-4H3. The van der Waals surface area contributed by atoms with Gasteiger partial charge in [-0.3, -0.25) is 0 Å². The van der Waals surface area contributed by atoms with Crippen LogP contribution < -0.4 is 15.2 Å². The maximum Gasteiger partial charge on any atom is 0.437 e. The third-order valence-electron chi connectivity index (χ3n) is 5.03. The molecule has 0 aliphatic carbocycles. The minimum Gasteiger partial charge on any atom is -0.497 e. The summed E-state index contributed by atoms with van der Waals surface area (Å²) < 4.78 is 22.7. The highest BCUT2D eigenvalue weighted by Crippen LogP contribution is 2.21. The van der Waals surface area contributed by atoms with Crippen LogP contribution in [0.1, 0.15) is 44.2 Å². The fourth-order valence-corrected chi connectivity index (χ4v) is 3.30. The normalized spacial score (nSPS) is 11.3. The van der Waals surface area contributed by atoms with E-state index in [2.05, 4.69) is 5.10 Å². The van der Waals surface area contributed by atoms with Crippen LogP contribution in [-0.4, -0.2) is 35.1 Å². The van der Waals surface area contributed by atoms with Crippen LogP contribution in [0.3, 0.4) is 0 Å². The first-order valence-corrected chi connectivity index (χ1v) is 11.0. The molecule has 0 aliphatic rings. The Morgan fingerprint density at radius 3 is 2.52 bits per heavy atom. The van der Waals surface area contributed by atoms with Crippen LogP contribution in [0.5, 0.6) is 11.5 Å². The number of methoxy groups -OCH3 is 1. The number of carbonyl (C=O) groups excluding carboxylic acids is 1. The Morgan fingerprint density at radius 1 is 1.06 bits per heavy atom. The highest BCUT2D eigenvalue weighted by Gasteiger charge is 2.31. The monoisotopic (exact) mass is 454 g/mol. The number of hydrogen-bond donors (Lipinski definition) is 0. The van der Waals surface area contributed by atoms with Crippen molar-refractivity contribution in [2.45, 2.75) is 52.2 Å². The van der Waals surface area contributed by atoms with E-state index in [1.54, 1.807) is 27.9 Å². The molecule has 3 rings (SSSR count). The number of aryl methyl sites for hydroxylation is 2. The van der Waals surface area contributed by atoms with Crippen molar-refractivity contribution in [3.8, 4) is 11.5 Å². The van der Waals surface area contributed by atoms with Gasteiger partial charge in [0, 0.05) is 6.42 Å². The average Bonchev–Trinajstić information content (AvgIpc) is 3.14. The molecule has 3 aromatic rings. The fourth-order valence-electron chi connectivity index (χ4n) is 3.30. The molecule has 0 radical (unpaired) electrons. The summed E-state index contributed by atoms with van der Waals surface area (Å²) in [7, 11) is 1.60. The number of aromatic nitrogens is 2. The lowest BCUT2D eigenvalue weighted by molar-refractivity contribution is -0.158. The zero-order valence-corrected chi connectivity index (χ0v) is 19.5. The molecule has 0 aliphatic heterocycles. The van der Waals surface area contributed by atoms with Gasteiger partial charge in [0.1, 0.15) is 11.5 Å². The maximum absolute atomic E-state index is 12.1. The van der Waals surface area contributed by atoms with E-state index in [9.17, 15) is 9.59 Å². The molecule has 0 N–H and O–H groups in total. The number of esters is 1. The van der Waals surface area contributed by atoms with Gasteiger partial charge in [0.25, 0.3) is 0 Å². The molecule has 0 saturated carbocycles. The van der Waals surface area contributed by atoms with Crippen LogP contribution in [0.25, 0.3) is 0 Å². The van der Waals surface area contributed by atoms with Gasteiger partial charge in [-0.25, -0.2) is 9.59 Å². The zero-order chi connectivity index (χ0) is 23.8. The largest absolute Gasteiger partial charge is 0.497 e. The van der Waals surface area contributed by atoms with Crippen molar-refractivity contribution < 1.29 is 23.4 Å². The molecule has 1 heterocycles. The highest BCUT2D eigenvalue weighted by atomic mass is 16.6. The van der Waals surface area contributed by atoms with E-state index in [0.717, 1.165) is 29.7 Å². The first kappa shape index (κ1) is 24.1. The summed E-state index contributed by atoms with van der Waals surface area (Å²) in [5, 5.41) is 4.31. The molecule has 0 saturated heterocycles. The van der Waals surface area contributed by atoms with E-state index < -0.39 is 17.3 Å². The summed E-state index contributed by atoms with van der Waals surface area (Å²) in [4.78, 5) is 24.1. The van der Waals surface area contributed by atoms with Crippen molar-refractivity contribution in [3.05, 3.63) is 76.1 Å². The van der Waals surface area contributed by atoms with Gasteiger partial charge in [-0.15, -0.1) is 5.10 Å². The molecule has 0 spiro atoms. The number of hydrogen-bond acceptors (Lipinski definition) is 7. The van der Waals surface area contributed by atoms with E-state index in [0.29, 0.717) is 31.2 Å². The van der Waals surface area contributed by atoms with E-state index in [1.807, 2.05) is 48.5 Å². The van der Waals surface area contributed by atoms with Crippen LogP contribution in [0, 0.1) is 0 Å². The van der Waals surface area contributed by atoms with Gasteiger partial charge in [-0.1, -0.05) is 24.3 Å². The van der Waals surface area contributed by atoms with Gasteiger partial charge in [0.15, 0.2) is 5.60 Å². The smallest absolute Gasteiger partial charge is 0.437 e. The average molecular weight is 455 g/mol. The second-order valence-corrected chi connectivity index (χ2v) is 8.10. The Hall–Kier alpha value is -3.55. The summed E-state index contributed by atoms with van der Waals surface area (Å²) in [6.07, 6.45) is 2.11. The molecule has 33 heavy (non-hydrogen) atoms. The molecule has 2 aromatic carbocycles. The first-order valence-electron chi connectivity index (χ1n) is 11.0. The number of rotatable bonds is 11. The molecule has 0 bridgehead atoms. The Morgan fingerprint density at radius 2 is 1.82 bits per heavy atom. The molecular weight excluding hydrogens is 424 g/mol. The Kier molecular flexibility index (Phi) is 7.92. The predicted molar refractivity (Wildman–Crippen MR) is 123 cm³/mol. The maximum atomic E-state index is 12.1. The SMILES string of the molecule is CCOC(=O)C(C)(C)Oc1ccc(CCCc2nn(Cc3cccc(OC)c3)c(=O)o2)cc1. The summed E-state index contributed by atoms with van der Waals surface area (Å²) in [6, 6.07) is 15.1. The van der Waals surface area contributed by atoms with Crippen molar-refractivity contribution >= 4 is 5.97 Å². The van der Waals surface area contributed by atoms with Gasteiger partial charge in [0.05, 0.1) is 20.3 Å². The van der Waals surface area contributed by atoms with E-state index in [4.69, 9.17) is 18.6 Å². The van der Waals surface area contributed by atoms with Crippen LogP contribution in [0.2, 0.25) is 0 Å². The van der Waals surface area contributed by atoms with Gasteiger partial charge >= 0.3 is 11.7 Å². The number of benzene rings is 2. The second-order valence-electron chi connectivity index (χ2n) is 8.10. The number of carbonyl (C=O) groups is 1. The molecule has 1 aromatic heterocycles. The van der Waals surface area contributed by atoms with Crippen LogP contribution >= 0.6 is 0 Å². The lowest BCUT2D eigenvalue weighted by atomic mass is 10.1. The molecule has 176 valence electrons. The lowest BCUT2D eigenvalue weighted by Crippen LogP contribution is -2.39. The van der Waals surface area contributed by atoms with E-state index in [1.165, 1.54) is 4.68 Å². The van der Waals surface area contributed by atoms with Gasteiger partial charge in [0.2, 0.25) is 5.89 Å². The van der Waals surface area contributed by atoms with Crippen LogP contribution in [0.4, 0.5) is 0 Å². The minimum absolute atomic E-state index is 0.309. The van der Waals surface area contributed by atoms with Crippen molar-refractivity contribution in [1.82, 2.24) is 9.78 Å². The summed E-state index contributed by atoms with van der Waals surface area (Å²) in [6.45, 7) is 5.76. The summed E-state index contributed by atoms with van der Waals surface area (Å²) in [5.74, 6) is 0.864. The Bertz CT molecular complexity index is 1110. The highest BCUT2D eigenvalue weighted by molar-refractivity contribution is 5.79. The topological polar surface area (TPSA) is 92.8 Å². The van der Waals surface area contributed by atoms with E-state index in [-0.39, 0.29) is 0 Å². The fraction of sp³-hybridized carbons (Fsp3) is 0.400. The minimum atomic E-state index is -1.06. The molecule has 0 fully saturated rings. The molecule has 0 unspecified atom stereocenters. The quantitative estimate of drug-likeness (QED) is 0.407. The van der Waals surface area contributed by atoms with Gasteiger partial charge in [-0.2, -0.15) is 4.68 Å². The zero-order valence-electron chi connectivity index (χ0n) is 19.5. The lowest BCUT2D eigenvalue weighted by Gasteiger charge is -2.24. The molecule has 8 heteroatoms. The Labute approximate surface area is 193 Å². The van der Waals surface area contributed by atoms with Crippen molar-refractivity contribution in [3.63, 3.8) is 0 Å². The number of ether oxygens (including phenoxy) is 3. The molecular formula is C25H30N2O6. The second kappa shape index (κ2) is 10.8. The summed E-state index contributed by atoms with van der Waals surface area (Å²) >= 11 is 0. The molecule has 0 amide bonds.